The molecule has 3 N–H and O–H groups in total. The van der Waals surface area contributed by atoms with Gasteiger partial charge in [-0.05, 0) is 24.6 Å². The van der Waals surface area contributed by atoms with E-state index in [4.69, 9.17) is 20.3 Å². The second kappa shape index (κ2) is 7.68. The largest absolute Gasteiger partial charge is 0.494 e. The number of hydrogen-bond donors (Lipinski definition) is 2. The van der Waals surface area contributed by atoms with Gasteiger partial charge in [0.2, 0.25) is 0 Å². The molecule has 1 aromatic rings. The number of ether oxygens (including phenoxy) is 2. The molecule has 0 bridgehead atoms. The van der Waals surface area contributed by atoms with E-state index in [1.165, 1.54) is 0 Å². The van der Waals surface area contributed by atoms with Gasteiger partial charge in [-0.1, -0.05) is 12.1 Å². The predicted octanol–water partition coefficient (Wildman–Crippen LogP) is 0.838. The maximum absolute atomic E-state index is 11.3. The molecule has 1 aromatic carbocycles. The van der Waals surface area contributed by atoms with Crippen molar-refractivity contribution in [3.05, 3.63) is 29.8 Å². The van der Waals surface area contributed by atoms with Crippen LogP contribution in [0.4, 0.5) is 0 Å². The van der Waals surface area contributed by atoms with Gasteiger partial charge in [-0.15, -0.1) is 0 Å². The molecule has 0 aliphatic carbocycles. The Kier molecular flexibility index (Phi) is 6.18. The zero-order valence-electron chi connectivity index (χ0n) is 10.5. The molecule has 1 rings (SSSR count). The minimum atomic E-state index is -0.661. The van der Waals surface area contributed by atoms with Crippen LogP contribution in [0.3, 0.4) is 0 Å². The van der Waals surface area contributed by atoms with E-state index in [1.54, 1.807) is 31.2 Å². The van der Waals surface area contributed by atoms with Crippen molar-refractivity contribution in [2.45, 2.75) is 26.0 Å². The SMILES string of the molecule is CCOC(=O)C(N)CCOc1cccc(CO)c1. The number of hydrogen-bond acceptors (Lipinski definition) is 5. The number of aliphatic hydroxyl groups is 1. The molecular weight excluding hydrogens is 234 g/mol. The third-order valence-electron chi connectivity index (χ3n) is 2.37. The van der Waals surface area contributed by atoms with E-state index in [2.05, 4.69) is 0 Å². The van der Waals surface area contributed by atoms with Crippen molar-refractivity contribution in [2.24, 2.45) is 5.73 Å². The van der Waals surface area contributed by atoms with Crippen molar-refractivity contribution in [1.82, 2.24) is 0 Å². The van der Waals surface area contributed by atoms with Crippen molar-refractivity contribution in [2.75, 3.05) is 13.2 Å². The molecule has 0 aliphatic rings. The van der Waals surface area contributed by atoms with Crippen LogP contribution in [-0.2, 0) is 16.1 Å². The molecular formula is C13H19NO4. The predicted molar refractivity (Wildman–Crippen MR) is 67.1 cm³/mol. The van der Waals surface area contributed by atoms with Crippen LogP contribution in [0.1, 0.15) is 18.9 Å². The minimum absolute atomic E-state index is 0.0282. The Hall–Kier alpha value is -1.59. The summed E-state index contributed by atoms with van der Waals surface area (Å²) in [5, 5.41) is 8.97. The molecule has 0 saturated heterocycles. The van der Waals surface area contributed by atoms with Crippen LogP contribution in [0.2, 0.25) is 0 Å². The number of rotatable bonds is 7. The van der Waals surface area contributed by atoms with E-state index in [-0.39, 0.29) is 6.61 Å². The van der Waals surface area contributed by atoms with Crippen LogP contribution < -0.4 is 10.5 Å². The highest BCUT2D eigenvalue weighted by Crippen LogP contribution is 2.13. The maximum Gasteiger partial charge on any atom is 0.323 e. The molecule has 18 heavy (non-hydrogen) atoms. The van der Waals surface area contributed by atoms with Gasteiger partial charge in [0.25, 0.3) is 0 Å². The van der Waals surface area contributed by atoms with E-state index in [1.807, 2.05) is 0 Å². The fraction of sp³-hybridized carbons (Fsp3) is 0.462. The molecule has 1 atom stereocenters. The van der Waals surface area contributed by atoms with Crippen LogP contribution in [0, 0.1) is 0 Å². The first-order valence-electron chi connectivity index (χ1n) is 5.92. The summed E-state index contributed by atoms with van der Waals surface area (Å²) in [7, 11) is 0. The fourth-order valence-corrected chi connectivity index (χ4v) is 1.40. The average molecular weight is 253 g/mol. The number of esters is 1. The zero-order valence-corrected chi connectivity index (χ0v) is 10.5. The Morgan fingerprint density at radius 3 is 2.94 bits per heavy atom. The molecule has 100 valence electrons. The molecule has 0 amide bonds. The summed E-state index contributed by atoms with van der Waals surface area (Å²) in [6, 6.07) is 6.47. The number of aliphatic hydroxyl groups excluding tert-OH is 1. The monoisotopic (exact) mass is 253 g/mol. The Bertz CT molecular complexity index is 381. The molecule has 5 nitrogen and oxygen atoms in total. The third-order valence-corrected chi connectivity index (χ3v) is 2.37. The number of benzene rings is 1. The lowest BCUT2D eigenvalue weighted by molar-refractivity contribution is -0.145. The first-order valence-corrected chi connectivity index (χ1v) is 5.92. The highest BCUT2D eigenvalue weighted by molar-refractivity contribution is 5.75. The summed E-state index contributed by atoms with van der Waals surface area (Å²) in [6.45, 7) is 2.36. The smallest absolute Gasteiger partial charge is 0.323 e. The highest BCUT2D eigenvalue weighted by Gasteiger charge is 2.14. The van der Waals surface area contributed by atoms with E-state index in [9.17, 15) is 4.79 Å². The van der Waals surface area contributed by atoms with Crippen LogP contribution in [0.15, 0.2) is 24.3 Å². The highest BCUT2D eigenvalue weighted by atomic mass is 16.5. The van der Waals surface area contributed by atoms with Crippen LogP contribution in [0.25, 0.3) is 0 Å². The van der Waals surface area contributed by atoms with Gasteiger partial charge in [0.05, 0.1) is 19.8 Å². The maximum atomic E-state index is 11.3. The quantitative estimate of drug-likeness (QED) is 0.704. The summed E-state index contributed by atoms with van der Waals surface area (Å²) in [4.78, 5) is 11.3. The molecule has 1 unspecified atom stereocenters. The van der Waals surface area contributed by atoms with Crippen molar-refractivity contribution < 1.29 is 19.4 Å². The Morgan fingerprint density at radius 1 is 1.50 bits per heavy atom. The molecule has 0 aliphatic heterocycles. The summed E-state index contributed by atoms with van der Waals surface area (Å²) in [6.07, 6.45) is 0.391. The first kappa shape index (κ1) is 14.5. The molecule has 0 aromatic heterocycles. The van der Waals surface area contributed by atoms with E-state index in [0.29, 0.717) is 25.4 Å². The Labute approximate surface area is 107 Å². The second-order valence-electron chi connectivity index (χ2n) is 3.80. The molecule has 0 spiro atoms. The number of carbonyl (C=O) groups excluding carboxylic acids is 1. The number of nitrogens with two attached hydrogens (primary N) is 1. The van der Waals surface area contributed by atoms with Crippen LogP contribution in [0.5, 0.6) is 5.75 Å². The summed E-state index contributed by atoms with van der Waals surface area (Å²) < 4.78 is 10.2. The summed E-state index contributed by atoms with van der Waals surface area (Å²) in [5.41, 5.74) is 6.41. The molecule has 0 radical (unpaired) electrons. The second-order valence-corrected chi connectivity index (χ2v) is 3.80. The van der Waals surface area contributed by atoms with Crippen LogP contribution in [-0.4, -0.2) is 30.3 Å². The number of carbonyl (C=O) groups is 1. The van der Waals surface area contributed by atoms with Crippen molar-refractivity contribution in [1.29, 1.82) is 0 Å². The summed E-state index contributed by atoms with van der Waals surface area (Å²) in [5.74, 6) is 0.239. The summed E-state index contributed by atoms with van der Waals surface area (Å²) >= 11 is 0. The normalized spacial score (nSPS) is 11.9. The van der Waals surface area contributed by atoms with E-state index in [0.717, 1.165) is 5.56 Å². The lowest BCUT2D eigenvalue weighted by atomic mass is 10.2. The van der Waals surface area contributed by atoms with Gasteiger partial charge in [0.15, 0.2) is 0 Å². The van der Waals surface area contributed by atoms with Gasteiger partial charge in [0.1, 0.15) is 11.8 Å². The lowest BCUT2D eigenvalue weighted by Crippen LogP contribution is -2.33. The Morgan fingerprint density at radius 2 is 2.28 bits per heavy atom. The molecule has 0 fully saturated rings. The lowest BCUT2D eigenvalue weighted by Gasteiger charge is -2.11. The molecule has 0 saturated carbocycles. The van der Waals surface area contributed by atoms with Gasteiger partial charge < -0.3 is 20.3 Å². The topological polar surface area (TPSA) is 81.8 Å². The minimum Gasteiger partial charge on any atom is -0.494 e. The van der Waals surface area contributed by atoms with Gasteiger partial charge in [-0.3, -0.25) is 4.79 Å². The van der Waals surface area contributed by atoms with E-state index >= 15 is 0 Å². The third kappa shape index (κ3) is 4.73. The van der Waals surface area contributed by atoms with Crippen LogP contribution >= 0.6 is 0 Å². The average Bonchev–Trinajstić information content (AvgIpc) is 2.39. The standard InChI is InChI=1S/C13H19NO4/c1-2-17-13(16)12(14)6-7-18-11-5-3-4-10(8-11)9-15/h3-5,8,12,15H,2,6-7,9,14H2,1H3. The van der Waals surface area contributed by atoms with Gasteiger partial charge in [0, 0.05) is 6.42 Å². The van der Waals surface area contributed by atoms with E-state index < -0.39 is 12.0 Å². The zero-order chi connectivity index (χ0) is 13.4. The Balaban J connectivity index is 2.34. The molecule has 0 heterocycles. The van der Waals surface area contributed by atoms with Gasteiger partial charge >= 0.3 is 5.97 Å². The molecule has 5 heteroatoms. The first-order chi connectivity index (χ1) is 8.67. The fourth-order valence-electron chi connectivity index (χ4n) is 1.40. The van der Waals surface area contributed by atoms with Crippen molar-refractivity contribution >= 4 is 5.97 Å². The van der Waals surface area contributed by atoms with Crippen molar-refractivity contribution in [3.63, 3.8) is 0 Å². The van der Waals surface area contributed by atoms with Gasteiger partial charge in [-0.25, -0.2) is 0 Å². The van der Waals surface area contributed by atoms with Gasteiger partial charge in [-0.2, -0.15) is 0 Å². The van der Waals surface area contributed by atoms with Crippen molar-refractivity contribution in [3.8, 4) is 5.75 Å².